The molecule has 1 aromatic heterocycles. The Morgan fingerprint density at radius 2 is 1.88 bits per heavy atom. The second-order valence-corrected chi connectivity index (χ2v) is 14.2. The Morgan fingerprint density at radius 3 is 2.51 bits per heavy atom. The molecule has 1 aromatic rings. The number of rotatable bonds is 10. The maximum absolute atomic E-state index is 12.9. The van der Waals surface area contributed by atoms with Gasteiger partial charge in [0.25, 0.3) is 5.91 Å². The van der Waals surface area contributed by atoms with Crippen LogP contribution in [0, 0.1) is 0 Å². The van der Waals surface area contributed by atoms with Crippen molar-refractivity contribution < 1.29 is 53.8 Å². The molecule has 4 heterocycles. The molecular weight excluding hydrogens is 646 g/mol. The van der Waals surface area contributed by atoms with Gasteiger partial charge in [-0.15, -0.1) is 0 Å². The number of nitrogens with zero attached hydrogens (tertiary/aromatic N) is 3. The van der Waals surface area contributed by atoms with E-state index < -0.39 is 84.0 Å². The lowest BCUT2D eigenvalue weighted by molar-refractivity contribution is -0.231. The molecule has 3 aliphatic heterocycles. The fourth-order valence-electron chi connectivity index (χ4n) is 6.68. The van der Waals surface area contributed by atoms with E-state index in [1.165, 1.54) is 36.9 Å². The topological polar surface area (TPSA) is 229 Å². The van der Waals surface area contributed by atoms with E-state index in [1.807, 2.05) is 0 Å². The van der Waals surface area contributed by atoms with Gasteiger partial charge >= 0.3 is 12.1 Å². The van der Waals surface area contributed by atoms with E-state index in [9.17, 15) is 44.4 Å². The molecule has 6 N–H and O–H groups in total. The number of amides is 3. The average molecular weight is 696 g/mol. The van der Waals surface area contributed by atoms with Crippen LogP contribution in [0.5, 0.6) is 0 Å². The molecule has 0 saturated carbocycles. The number of nitrogens with one attached hydrogen (secondary N) is 2. The van der Waals surface area contributed by atoms with E-state index in [0.29, 0.717) is 39.3 Å². The van der Waals surface area contributed by atoms with Gasteiger partial charge in [0.05, 0.1) is 42.6 Å². The second-order valence-electron chi connectivity index (χ2n) is 14.2. The molecule has 3 fully saturated rings. The molecule has 4 rings (SSSR count). The summed E-state index contributed by atoms with van der Waals surface area (Å²) in [6, 6.07) is 1.21. The van der Waals surface area contributed by atoms with Gasteiger partial charge in [-0.3, -0.25) is 19.3 Å². The zero-order valence-corrected chi connectivity index (χ0v) is 28.6. The van der Waals surface area contributed by atoms with Crippen molar-refractivity contribution in [2.24, 2.45) is 7.05 Å². The molecular formula is C32H49N5O12. The normalized spacial score (nSPS) is 28.9. The predicted molar refractivity (Wildman–Crippen MR) is 172 cm³/mol. The molecule has 1 spiro atoms. The van der Waals surface area contributed by atoms with Gasteiger partial charge in [-0.1, -0.05) is 0 Å². The Hall–Kier alpha value is -3.61. The van der Waals surface area contributed by atoms with E-state index in [-0.39, 0.29) is 24.1 Å². The highest BCUT2D eigenvalue weighted by Crippen LogP contribution is 2.38. The Morgan fingerprint density at radius 1 is 1.16 bits per heavy atom. The molecule has 0 bridgehead atoms. The van der Waals surface area contributed by atoms with Crippen LogP contribution in [0.2, 0.25) is 0 Å². The van der Waals surface area contributed by atoms with E-state index in [2.05, 4.69) is 15.5 Å². The number of hydrogen-bond donors (Lipinski definition) is 6. The minimum Gasteiger partial charge on any atom is -0.479 e. The minimum atomic E-state index is -2.04. The van der Waals surface area contributed by atoms with Crippen molar-refractivity contribution in [2.45, 2.75) is 94.2 Å². The summed E-state index contributed by atoms with van der Waals surface area (Å²) in [5.74, 6) is -2.65. The van der Waals surface area contributed by atoms with Gasteiger partial charge in [-0.2, -0.15) is 0 Å². The molecule has 274 valence electrons. The molecule has 17 nitrogen and oxygen atoms in total. The molecule has 3 aliphatic rings. The molecule has 3 saturated heterocycles. The van der Waals surface area contributed by atoms with E-state index >= 15 is 0 Å². The number of aromatic nitrogens is 1. The zero-order chi connectivity index (χ0) is 36.3. The van der Waals surface area contributed by atoms with Crippen molar-refractivity contribution in [1.82, 2.24) is 25.0 Å². The summed E-state index contributed by atoms with van der Waals surface area (Å²) in [7, 11) is 1.46. The highest BCUT2D eigenvalue weighted by Gasteiger charge is 2.55. The number of aliphatic carboxylic acids is 1. The van der Waals surface area contributed by atoms with Crippen molar-refractivity contribution in [1.29, 1.82) is 0 Å². The van der Waals surface area contributed by atoms with Crippen LogP contribution in [0.1, 0.15) is 57.3 Å². The van der Waals surface area contributed by atoms with Crippen molar-refractivity contribution in [3.05, 3.63) is 34.2 Å². The van der Waals surface area contributed by atoms with E-state index in [4.69, 9.17) is 14.2 Å². The van der Waals surface area contributed by atoms with Crippen molar-refractivity contribution in [2.75, 3.05) is 45.9 Å². The van der Waals surface area contributed by atoms with E-state index in [0.717, 1.165) is 0 Å². The smallest absolute Gasteiger partial charge is 0.410 e. The fourth-order valence-corrected chi connectivity index (χ4v) is 6.68. The first-order valence-electron chi connectivity index (χ1n) is 16.3. The Bertz CT molecular complexity index is 1450. The summed E-state index contributed by atoms with van der Waals surface area (Å²) >= 11 is 0. The highest BCUT2D eigenvalue weighted by atomic mass is 16.6. The second kappa shape index (κ2) is 15.1. The van der Waals surface area contributed by atoms with Gasteiger partial charge in [0.1, 0.15) is 17.8 Å². The summed E-state index contributed by atoms with van der Waals surface area (Å²) in [4.78, 5) is 65.8. The number of carboxylic acid groups (broad SMARTS) is 1. The van der Waals surface area contributed by atoms with Crippen LogP contribution in [0.3, 0.4) is 0 Å². The molecule has 0 radical (unpaired) electrons. The highest BCUT2D eigenvalue weighted by molar-refractivity contribution is 5.93. The van der Waals surface area contributed by atoms with Gasteiger partial charge in [-0.25, -0.2) is 9.59 Å². The molecule has 49 heavy (non-hydrogen) atoms. The first kappa shape index (κ1) is 38.2. The molecule has 0 aromatic carbocycles. The quantitative estimate of drug-likeness (QED) is 0.163. The van der Waals surface area contributed by atoms with Crippen LogP contribution < -0.4 is 16.2 Å². The predicted octanol–water partition coefficient (Wildman–Crippen LogP) is -1.58. The molecule has 0 aliphatic carbocycles. The lowest BCUT2D eigenvalue weighted by Crippen LogP contribution is -2.68. The summed E-state index contributed by atoms with van der Waals surface area (Å²) in [6.07, 6.45) is -5.85. The number of aryl methyl sites for hydroxylation is 1. The lowest BCUT2D eigenvalue weighted by atomic mass is 9.81. The minimum absolute atomic E-state index is 0.117. The summed E-state index contributed by atoms with van der Waals surface area (Å²) in [5, 5.41) is 48.8. The SMILES string of the molecule is CC(=O)N[C@H]1[C@H]([C@H](O)[C@H](O)CNC(=O)c2ccc(=O)n(C)c2)O[C@@](CCN2CCOC[C@@]23CCN(C(=O)OC(C)(C)C)C3)(C(=O)O)C[C@@H]1O. The van der Waals surface area contributed by atoms with Crippen molar-refractivity contribution in [3.8, 4) is 0 Å². The summed E-state index contributed by atoms with van der Waals surface area (Å²) in [5.41, 5.74) is -3.55. The number of aliphatic hydroxyl groups excluding tert-OH is 3. The number of carboxylic acids is 1. The van der Waals surface area contributed by atoms with E-state index in [1.54, 1.807) is 25.7 Å². The van der Waals surface area contributed by atoms with Crippen LogP contribution in [-0.2, 0) is 30.8 Å². The van der Waals surface area contributed by atoms with Crippen LogP contribution in [0.4, 0.5) is 4.79 Å². The summed E-state index contributed by atoms with van der Waals surface area (Å²) in [6.45, 7) is 8.01. The van der Waals surface area contributed by atoms with Crippen molar-refractivity contribution >= 4 is 23.9 Å². The third-order valence-electron chi connectivity index (χ3n) is 9.30. The molecule has 17 heteroatoms. The summed E-state index contributed by atoms with van der Waals surface area (Å²) < 4.78 is 18.6. The molecule has 3 amide bonds. The lowest BCUT2D eigenvalue weighted by Gasteiger charge is -2.49. The van der Waals surface area contributed by atoms with Crippen LogP contribution >= 0.6 is 0 Å². The van der Waals surface area contributed by atoms with Crippen LogP contribution in [-0.4, -0.2) is 152 Å². The number of morpholine rings is 1. The van der Waals surface area contributed by atoms with Crippen LogP contribution in [0.25, 0.3) is 0 Å². The van der Waals surface area contributed by atoms with Crippen LogP contribution in [0.15, 0.2) is 23.1 Å². The standard InChI is InChI=1S/C32H49N5O12/c1-19(38)34-24-21(39)14-32(28(44)45,48-26(24)25(42)22(40)15-33-27(43)20-6-7-23(41)35(5)16-20)9-11-37-12-13-47-18-31(37)8-10-36(17-31)29(46)49-30(2,3)4/h6-7,16,21-22,24-26,39-40,42H,8-15,17-18H2,1-5H3,(H,33,43)(H,34,38)(H,44,45)/t21-,22+,24+,25+,26+,31-,32+/m0/s1. The first-order valence-corrected chi connectivity index (χ1v) is 16.3. The van der Waals surface area contributed by atoms with Gasteiger partial charge in [-0.05, 0) is 33.3 Å². The van der Waals surface area contributed by atoms with Gasteiger partial charge in [0.15, 0.2) is 5.60 Å². The zero-order valence-electron chi connectivity index (χ0n) is 28.6. The fraction of sp³-hybridized carbons (Fsp3) is 0.719. The largest absolute Gasteiger partial charge is 0.479 e. The molecule has 0 unspecified atom stereocenters. The average Bonchev–Trinajstić information content (AvgIpc) is 3.44. The number of ether oxygens (including phenoxy) is 3. The van der Waals surface area contributed by atoms with Crippen molar-refractivity contribution in [3.63, 3.8) is 0 Å². The Balaban J connectivity index is 1.50. The number of likely N-dealkylation sites (tertiary alicyclic amines) is 1. The Labute approximate surface area is 284 Å². The maximum Gasteiger partial charge on any atom is 0.410 e. The maximum atomic E-state index is 12.9. The molecule has 7 atom stereocenters. The first-order chi connectivity index (χ1) is 22.9. The third-order valence-corrected chi connectivity index (χ3v) is 9.30. The number of aliphatic hydroxyl groups is 3. The Kier molecular flexibility index (Phi) is 11.8. The number of carbonyl (C=O) groups is 4. The number of hydrogen-bond acceptors (Lipinski definition) is 12. The number of pyridine rings is 1. The van der Waals surface area contributed by atoms with Gasteiger partial charge in [0, 0.05) is 71.8 Å². The monoisotopic (exact) mass is 695 g/mol. The number of carbonyl (C=O) groups excluding carboxylic acids is 3. The van der Waals surface area contributed by atoms with Gasteiger partial charge < -0.3 is 54.7 Å². The third kappa shape index (κ3) is 8.95. The van der Waals surface area contributed by atoms with Gasteiger partial charge in [0.2, 0.25) is 11.5 Å².